The van der Waals surface area contributed by atoms with Crippen LogP contribution in [0.15, 0.2) is 57.8 Å². The molecule has 0 atom stereocenters. The summed E-state index contributed by atoms with van der Waals surface area (Å²) in [6.45, 7) is 4.88. The van der Waals surface area contributed by atoms with E-state index in [-0.39, 0.29) is 17.1 Å². The lowest BCUT2D eigenvalue weighted by Gasteiger charge is -2.10. The summed E-state index contributed by atoms with van der Waals surface area (Å²) in [6.07, 6.45) is 0.923. The van der Waals surface area contributed by atoms with Crippen LogP contribution >= 0.6 is 23.1 Å². The van der Waals surface area contributed by atoms with Gasteiger partial charge in [-0.15, -0.1) is 11.3 Å². The molecule has 1 aromatic carbocycles. The number of aromatic nitrogens is 3. The Morgan fingerprint density at radius 1 is 1.17 bits per heavy atom. The number of ketones is 1. The first-order valence-corrected chi connectivity index (χ1v) is 11.6. The van der Waals surface area contributed by atoms with Crippen molar-refractivity contribution in [3.8, 4) is 0 Å². The fraction of sp³-hybridized carbons (Fsp3) is 0.261. The van der Waals surface area contributed by atoms with Crippen molar-refractivity contribution in [3.63, 3.8) is 0 Å². The van der Waals surface area contributed by atoms with E-state index in [4.69, 9.17) is 0 Å². The molecule has 0 amide bonds. The zero-order chi connectivity index (χ0) is 21.3. The molecule has 0 saturated heterocycles. The number of thiophene rings is 1. The van der Waals surface area contributed by atoms with Gasteiger partial charge in [0.25, 0.3) is 5.56 Å². The van der Waals surface area contributed by atoms with Gasteiger partial charge >= 0.3 is 0 Å². The highest BCUT2D eigenvalue weighted by molar-refractivity contribution is 7.99. The lowest BCUT2D eigenvalue weighted by molar-refractivity contribution is 0.102. The second kappa shape index (κ2) is 8.62. The molecule has 0 aliphatic heterocycles. The van der Waals surface area contributed by atoms with Gasteiger partial charge in [0.15, 0.2) is 10.9 Å². The molecule has 0 radical (unpaired) electrons. The minimum atomic E-state index is -0.0738. The molecule has 3 heterocycles. The highest BCUT2D eigenvalue weighted by Crippen LogP contribution is 2.23. The zero-order valence-electron chi connectivity index (χ0n) is 17.2. The van der Waals surface area contributed by atoms with Gasteiger partial charge in [-0.25, -0.2) is 4.98 Å². The number of fused-ring (bicyclic) bond motifs is 1. The Morgan fingerprint density at radius 3 is 2.70 bits per heavy atom. The molecule has 4 aromatic rings. The Labute approximate surface area is 183 Å². The fourth-order valence-corrected chi connectivity index (χ4v) is 5.29. The summed E-state index contributed by atoms with van der Waals surface area (Å²) in [5, 5.41) is 3.06. The van der Waals surface area contributed by atoms with Crippen molar-refractivity contribution < 1.29 is 4.79 Å². The third-order valence-electron chi connectivity index (χ3n) is 5.34. The van der Waals surface area contributed by atoms with Crippen LogP contribution in [0.25, 0.3) is 10.2 Å². The summed E-state index contributed by atoms with van der Waals surface area (Å²) in [4.78, 5) is 30.7. The Kier molecular flexibility index (Phi) is 5.92. The van der Waals surface area contributed by atoms with Crippen LogP contribution in [0, 0.1) is 13.8 Å². The maximum Gasteiger partial charge on any atom is 0.262 e. The van der Waals surface area contributed by atoms with E-state index in [1.54, 1.807) is 13.1 Å². The minimum absolute atomic E-state index is 0.0552. The van der Waals surface area contributed by atoms with Crippen molar-refractivity contribution in [1.29, 1.82) is 0 Å². The van der Waals surface area contributed by atoms with Crippen LogP contribution in [-0.4, -0.2) is 25.7 Å². The lowest BCUT2D eigenvalue weighted by Crippen LogP contribution is -2.19. The number of thioether (sulfide) groups is 1. The average Bonchev–Trinajstić information content (AvgIpc) is 3.33. The highest BCUT2D eigenvalue weighted by Gasteiger charge is 2.17. The number of benzene rings is 1. The molecule has 0 N–H and O–H groups in total. The van der Waals surface area contributed by atoms with Crippen molar-refractivity contribution in [2.24, 2.45) is 7.05 Å². The topological polar surface area (TPSA) is 56.9 Å². The molecule has 0 fully saturated rings. The quantitative estimate of drug-likeness (QED) is 0.240. The molecule has 154 valence electrons. The molecule has 7 heteroatoms. The molecule has 30 heavy (non-hydrogen) atoms. The van der Waals surface area contributed by atoms with Crippen molar-refractivity contribution >= 4 is 39.1 Å². The fourth-order valence-electron chi connectivity index (χ4n) is 3.63. The zero-order valence-corrected chi connectivity index (χ0v) is 18.8. The number of nitrogens with zero attached hydrogens (tertiary/aromatic N) is 3. The lowest BCUT2D eigenvalue weighted by atomic mass is 10.1. The van der Waals surface area contributed by atoms with E-state index in [1.165, 1.54) is 33.2 Å². The van der Waals surface area contributed by atoms with Crippen LogP contribution in [0.4, 0.5) is 0 Å². The van der Waals surface area contributed by atoms with Gasteiger partial charge < -0.3 is 4.57 Å². The van der Waals surface area contributed by atoms with Crippen LogP contribution in [0.1, 0.15) is 27.3 Å². The van der Waals surface area contributed by atoms with Crippen molar-refractivity contribution in [1.82, 2.24) is 14.1 Å². The number of hydrogen-bond donors (Lipinski definition) is 0. The minimum Gasteiger partial charge on any atom is -0.348 e. The Morgan fingerprint density at radius 2 is 1.93 bits per heavy atom. The first-order valence-electron chi connectivity index (χ1n) is 9.76. The van der Waals surface area contributed by atoms with Crippen molar-refractivity contribution in [2.75, 3.05) is 5.75 Å². The van der Waals surface area contributed by atoms with Crippen LogP contribution < -0.4 is 5.56 Å². The van der Waals surface area contributed by atoms with Gasteiger partial charge in [-0.3, -0.25) is 14.2 Å². The second-order valence-electron chi connectivity index (χ2n) is 7.28. The third kappa shape index (κ3) is 4.00. The normalized spacial score (nSPS) is 11.3. The van der Waals surface area contributed by atoms with Crippen LogP contribution in [-0.2, 0) is 20.0 Å². The van der Waals surface area contributed by atoms with E-state index in [1.807, 2.05) is 43.5 Å². The molecule has 4 rings (SSSR count). The third-order valence-corrected chi connectivity index (χ3v) is 7.17. The van der Waals surface area contributed by atoms with Gasteiger partial charge in [0.2, 0.25) is 0 Å². The average molecular weight is 438 g/mol. The Balaban J connectivity index is 1.49. The highest BCUT2D eigenvalue weighted by atomic mass is 32.2. The molecule has 0 aliphatic carbocycles. The van der Waals surface area contributed by atoms with E-state index in [0.29, 0.717) is 15.4 Å². The predicted molar refractivity (Wildman–Crippen MR) is 124 cm³/mol. The standard InChI is InChI=1S/C23H23N3O2S2/c1-15-13-19(16(2)26(15)11-9-17-7-5-4-6-8-17)20(27)14-30-23-24-21-18(10-12-29-21)22(28)25(23)3/h4-8,10,12-13H,9,11,14H2,1-3H3. The van der Waals surface area contributed by atoms with Gasteiger partial charge in [0, 0.05) is 30.5 Å². The Bertz CT molecular complexity index is 1270. The van der Waals surface area contributed by atoms with Gasteiger partial charge in [0.1, 0.15) is 4.83 Å². The molecular formula is C23H23N3O2S2. The SMILES string of the molecule is Cc1cc(C(=O)CSc2nc3sccc3c(=O)n2C)c(C)n1CCc1ccccc1. The molecule has 0 saturated carbocycles. The number of hydrogen-bond acceptors (Lipinski definition) is 5. The molecule has 0 unspecified atom stereocenters. The molecule has 0 spiro atoms. The maximum atomic E-state index is 12.9. The van der Waals surface area contributed by atoms with Crippen molar-refractivity contribution in [2.45, 2.75) is 32.0 Å². The van der Waals surface area contributed by atoms with Crippen LogP contribution in [0.3, 0.4) is 0 Å². The first kappa shape index (κ1) is 20.6. The van der Waals surface area contributed by atoms with E-state index in [2.05, 4.69) is 21.7 Å². The van der Waals surface area contributed by atoms with Crippen LogP contribution in [0.2, 0.25) is 0 Å². The van der Waals surface area contributed by atoms with E-state index < -0.39 is 0 Å². The second-order valence-corrected chi connectivity index (χ2v) is 9.12. The summed E-state index contributed by atoms with van der Waals surface area (Å²) < 4.78 is 3.73. The van der Waals surface area contributed by atoms with Gasteiger partial charge in [-0.2, -0.15) is 0 Å². The molecular weight excluding hydrogens is 414 g/mol. The molecule has 3 aromatic heterocycles. The van der Waals surface area contributed by atoms with E-state index in [9.17, 15) is 9.59 Å². The van der Waals surface area contributed by atoms with E-state index in [0.717, 1.165) is 29.9 Å². The summed E-state index contributed by atoms with van der Waals surface area (Å²) in [5.74, 6) is 0.305. The summed E-state index contributed by atoms with van der Waals surface area (Å²) in [7, 11) is 1.70. The number of carbonyl (C=O) groups is 1. The summed E-state index contributed by atoms with van der Waals surface area (Å²) in [5.41, 5.74) is 4.03. The molecule has 0 bridgehead atoms. The number of aryl methyl sites for hydroxylation is 2. The molecule has 5 nitrogen and oxygen atoms in total. The van der Waals surface area contributed by atoms with Gasteiger partial charge in [-0.05, 0) is 43.3 Å². The summed E-state index contributed by atoms with van der Waals surface area (Å²) in [6, 6.07) is 14.1. The number of carbonyl (C=O) groups excluding carboxylic acids is 1. The summed E-state index contributed by atoms with van der Waals surface area (Å²) >= 11 is 2.76. The van der Waals surface area contributed by atoms with E-state index >= 15 is 0 Å². The number of rotatable bonds is 7. The monoisotopic (exact) mass is 437 g/mol. The smallest absolute Gasteiger partial charge is 0.262 e. The molecule has 0 aliphatic rings. The first-order chi connectivity index (χ1) is 14.5. The maximum absolute atomic E-state index is 12.9. The predicted octanol–water partition coefficient (Wildman–Crippen LogP) is 4.63. The van der Waals surface area contributed by atoms with Gasteiger partial charge in [0.05, 0.1) is 11.1 Å². The van der Waals surface area contributed by atoms with Gasteiger partial charge in [-0.1, -0.05) is 42.1 Å². The number of Topliss-reactive ketones (excluding diaryl/α,β-unsaturated/α-hetero) is 1. The Hall–Kier alpha value is -2.64. The largest absolute Gasteiger partial charge is 0.348 e. The van der Waals surface area contributed by atoms with Crippen LogP contribution in [0.5, 0.6) is 0 Å². The van der Waals surface area contributed by atoms with Crippen molar-refractivity contribution in [3.05, 3.63) is 80.7 Å².